The van der Waals surface area contributed by atoms with Crippen LogP contribution < -0.4 is 0 Å². The maximum Gasteiger partial charge on any atom is 0.188 e. The first kappa shape index (κ1) is 18.2. The molecule has 0 radical (unpaired) electrons. The van der Waals surface area contributed by atoms with Gasteiger partial charge in [-0.2, -0.15) is 0 Å². The highest BCUT2D eigenvalue weighted by Gasteiger charge is 2.20. The van der Waals surface area contributed by atoms with Gasteiger partial charge in [0.15, 0.2) is 11.6 Å². The smallest absolute Gasteiger partial charge is 0.188 e. The van der Waals surface area contributed by atoms with Crippen LogP contribution >= 0.6 is 35.3 Å². The number of carbonyl (C=O) groups is 2. The van der Waals surface area contributed by atoms with Crippen LogP contribution in [0.25, 0.3) is 0 Å². The third-order valence-electron chi connectivity index (χ3n) is 3.09. The maximum absolute atomic E-state index is 11.8. The normalized spacial score (nSPS) is 23.0. The van der Waals surface area contributed by atoms with Crippen LogP contribution in [-0.2, 0) is 9.59 Å². The molecule has 2 atom stereocenters. The van der Waals surface area contributed by atoms with Crippen molar-refractivity contribution in [1.29, 1.82) is 0 Å². The van der Waals surface area contributed by atoms with Crippen molar-refractivity contribution >= 4 is 46.9 Å². The fraction of sp³-hybridized carbons (Fsp3) is 0.222. The molecule has 0 aliphatic carbocycles. The molecule has 0 fully saturated rings. The maximum atomic E-state index is 11.8. The van der Waals surface area contributed by atoms with Gasteiger partial charge in [-0.1, -0.05) is 37.5 Å². The fourth-order valence-corrected chi connectivity index (χ4v) is 5.50. The Hall–Kier alpha value is -1.17. The summed E-state index contributed by atoms with van der Waals surface area (Å²) in [6.45, 7) is 10.8. The van der Waals surface area contributed by atoms with Crippen LogP contribution in [-0.4, -0.2) is 20.7 Å². The average Bonchev–Trinajstić information content (AvgIpc) is 2.54. The van der Waals surface area contributed by atoms with Gasteiger partial charge in [-0.3, -0.25) is 9.59 Å². The Balaban J connectivity index is 1.88. The summed E-state index contributed by atoms with van der Waals surface area (Å²) >= 11 is 5.03. The lowest BCUT2D eigenvalue weighted by molar-refractivity contribution is -0.112. The number of Topliss-reactive ketones (excluding diaryl/α,β-unsaturated/α-hetero) is 2. The molecule has 120 valence electrons. The minimum atomic E-state index is -0.00461. The van der Waals surface area contributed by atoms with Crippen molar-refractivity contribution in [1.82, 2.24) is 0 Å². The molecule has 23 heavy (non-hydrogen) atoms. The summed E-state index contributed by atoms with van der Waals surface area (Å²) in [5, 5.41) is 3.80. The van der Waals surface area contributed by atoms with Crippen molar-refractivity contribution in [2.24, 2.45) is 0 Å². The Morgan fingerprint density at radius 2 is 1.30 bits per heavy atom. The van der Waals surface area contributed by atoms with Gasteiger partial charge in [-0.15, -0.1) is 35.3 Å². The van der Waals surface area contributed by atoms with Gasteiger partial charge in [0.05, 0.1) is 9.16 Å². The van der Waals surface area contributed by atoms with E-state index in [1.807, 2.05) is 35.1 Å². The van der Waals surface area contributed by atoms with Crippen molar-refractivity contribution in [3.63, 3.8) is 0 Å². The Labute approximate surface area is 149 Å². The van der Waals surface area contributed by atoms with E-state index >= 15 is 0 Å². The first-order chi connectivity index (χ1) is 10.9. The molecule has 2 rings (SSSR count). The van der Waals surface area contributed by atoms with E-state index in [4.69, 9.17) is 0 Å². The van der Waals surface area contributed by atoms with E-state index in [1.54, 1.807) is 49.1 Å². The van der Waals surface area contributed by atoms with Crippen LogP contribution in [0.15, 0.2) is 70.6 Å². The molecular weight excluding hydrogens is 344 g/mol. The molecule has 2 heterocycles. The number of allylic oxidation sites excluding steroid dienone is 6. The standard InChI is InChI=1S/C18H18O2S3/c1-11(2)17(19)13-5-7-15(21-9-13)23-16-8-6-14(10-22-16)18(20)12(3)4/h5-10,15-16H,1,3H2,2,4H3. The van der Waals surface area contributed by atoms with Gasteiger partial charge in [0, 0.05) is 11.1 Å². The van der Waals surface area contributed by atoms with Gasteiger partial charge in [0.1, 0.15) is 0 Å². The molecule has 0 amide bonds. The van der Waals surface area contributed by atoms with Crippen LogP contribution in [0, 0.1) is 0 Å². The number of hydrogen-bond acceptors (Lipinski definition) is 5. The zero-order chi connectivity index (χ0) is 17.0. The Morgan fingerprint density at radius 3 is 1.57 bits per heavy atom. The number of carbonyl (C=O) groups excluding carboxylic acids is 2. The van der Waals surface area contributed by atoms with Crippen molar-refractivity contribution in [2.45, 2.75) is 23.0 Å². The summed E-state index contributed by atoms with van der Waals surface area (Å²) in [4.78, 5) is 23.7. The molecule has 2 nitrogen and oxygen atoms in total. The molecule has 0 aromatic rings. The SMILES string of the molecule is C=C(C)C(=O)C1=CSC(SC2C=CC(C(=O)C(=C)C)=CS2)C=C1. The van der Waals surface area contributed by atoms with Crippen LogP contribution in [0.3, 0.4) is 0 Å². The van der Waals surface area contributed by atoms with E-state index < -0.39 is 0 Å². The third kappa shape index (κ3) is 4.90. The van der Waals surface area contributed by atoms with E-state index in [9.17, 15) is 9.59 Å². The molecule has 5 heteroatoms. The van der Waals surface area contributed by atoms with Crippen molar-refractivity contribution < 1.29 is 9.59 Å². The largest absolute Gasteiger partial charge is 0.289 e. The van der Waals surface area contributed by atoms with Gasteiger partial charge in [0.2, 0.25) is 0 Å². The van der Waals surface area contributed by atoms with Crippen LogP contribution in [0.4, 0.5) is 0 Å². The summed E-state index contributed by atoms with van der Waals surface area (Å²) in [5.74, 6) is -0.00922. The second kappa shape index (κ2) is 8.08. The van der Waals surface area contributed by atoms with Gasteiger partial charge in [-0.05, 0) is 35.8 Å². The predicted octanol–water partition coefficient (Wildman–Crippen LogP) is 5.04. The van der Waals surface area contributed by atoms with Crippen LogP contribution in [0.5, 0.6) is 0 Å². The minimum Gasteiger partial charge on any atom is -0.289 e. The second-order valence-corrected chi connectivity index (χ2v) is 9.14. The van der Waals surface area contributed by atoms with Gasteiger partial charge in [0.25, 0.3) is 0 Å². The number of rotatable bonds is 6. The molecular formula is C18H18O2S3. The second-order valence-electron chi connectivity index (χ2n) is 5.23. The Kier molecular flexibility index (Phi) is 6.39. The Morgan fingerprint density at radius 1 is 0.913 bits per heavy atom. The molecule has 0 aromatic carbocycles. The zero-order valence-corrected chi connectivity index (χ0v) is 15.5. The first-order valence-corrected chi connectivity index (χ1v) is 9.85. The topological polar surface area (TPSA) is 34.1 Å². The van der Waals surface area contributed by atoms with E-state index in [0.29, 0.717) is 22.3 Å². The summed E-state index contributed by atoms with van der Waals surface area (Å²) in [6, 6.07) is 0. The molecule has 0 spiro atoms. The van der Waals surface area contributed by atoms with Crippen molar-refractivity contribution in [3.8, 4) is 0 Å². The number of ketones is 2. The molecule has 0 bridgehead atoms. The lowest BCUT2D eigenvalue weighted by atomic mass is 10.1. The summed E-state index contributed by atoms with van der Waals surface area (Å²) in [5.41, 5.74) is 2.50. The highest BCUT2D eigenvalue weighted by Crippen LogP contribution is 2.40. The first-order valence-electron chi connectivity index (χ1n) is 7.02. The molecule has 0 saturated heterocycles. The molecule has 2 aliphatic rings. The minimum absolute atomic E-state index is 0.00461. The van der Waals surface area contributed by atoms with E-state index in [-0.39, 0.29) is 20.7 Å². The fourth-order valence-electron chi connectivity index (χ4n) is 1.85. The van der Waals surface area contributed by atoms with Crippen LogP contribution in [0.2, 0.25) is 0 Å². The lowest BCUT2D eigenvalue weighted by Crippen LogP contribution is -2.09. The van der Waals surface area contributed by atoms with E-state index in [0.717, 1.165) is 0 Å². The average molecular weight is 363 g/mol. The van der Waals surface area contributed by atoms with Crippen LogP contribution in [0.1, 0.15) is 13.8 Å². The zero-order valence-electron chi connectivity index (χ0n) is 13.1. The summed E-state index contributed by atoms with van der Waals surface area (Å²) in [7, 11) is 0. The quantitative estimate of drug-likeness (QED) is 0.619. The summed E-state index contributed by atoms with van der Waals surface area (Å²) in [6.07, 6.45) is 7.82. The van der Waals surface area contributed by atoms with Crippen molar-refractivity contribution in [3.05, 3.63) is 70.6 Å². The van der Waals surface area contributed by atoms with Gasteiger partial charge in [-0.25, -0.2) is 0 Å². The van der Waals surface area contributed by atoms with Gasteiger partial charge >= 0.3 is 0 Å². The third-order valence-corrected chi connectivity index (χ3v) is 6.91. The molecule has 2 unspecified atom stereocenters. The van der Waals surface area contributed by atoms with E-state index in [1.165, 1.54) is 0 Å². The van der Waals surface area contributed by atoms with Gasteiger partial charge < -0.3 is 0 Å². The predicted molar refractivity (Wildman–Crippen MR) is 104 cm³/mol. The highest BCUT2D eigenvalue weighted by molar-refractivity contribution is 8.25. The number of hydrogen-bond donors (Lipinski definition) is 0. The monoisotopic (exact) mass is 362 g/mol. The Bertz CT molecular complexity index is 622. The van der Waals surface area contributed by atoms with Crippen molar-refractivity contribution in [2.75, 3.05) is 0 Å². The molecule has 0 N–H and O–H groups in total. The molecule has 0 saturated carbocycles. The van der Waals surface area contributed by atoms with E-state index in [2.05, 4.69) is 13.2 Å². The highest BCUT2D eigenvalue weighted by atomic mass is 32.2. The number of thioether (sulfide) groups is 3. The summed E-state index contributed by atoms with van der Waals surface area (Å²) < 4.78 is 0.510. The molecule has 0 aromatic heterocycles. The lowest BCUT2D eigenvalue weighted by Gasteiger charge is -2.20. The molecule has 2 aliphatic heterocycles.